The molecule has 0 radical (unpaired) electrons. The second-order valence-corrected chi connectivity index (χ2v) is 6.15. The van der Waals surface area contributed by atoms with Crippen LogP contribution in [0, 0.1) is 0 Å². The lowest BCUT2D eigenvalue weighted by molar-refractivity contribution is -0.0159. The van der Waals surface area contributed by atoms with Gasteiger partial charge in [0.2, 0.25) is 0 Å². The number of ether oxygens (including phenoxy) is 1. The summed E-state index contributed by atoms with van der Waals surface area (Å²) >= 11 is 0. The Bertz CT molecular complexity index is 246. The molecule has 0 amide bonds. The van der Waals surface area contributed by atoms with Crippen molar-refractivity contribution >= 4 is 12.4 Å². The van der Waals surface area contributed by atoms with Crippen molar-refractivity contribution in [3.8, 4) is 0 Å². The van der Waals surface area contributed by atoms with E-state index in [4.69, 9.17) is 4.74 Å². The molecule has 3 nitrogen and oxygen atoms in total. The fourth-order valence-corrected chi connectivity index (χ4v) is 2.92. The molecule has 4 heteroatoms. The first-order valence-electron chi connectivity index (χ1n) is 6.65. The largest absolute Gasteiger partial charge is 0.360 e. The van der Waals surface area contributed by atoms with Gasteiger partial charge in [-0.2, -0.15) is 0 Å². The maximum absolute atomic E-state index is 5.94. The molecule has 2 aliphatic rings. The lowest BCUT2D eigenvalue weighted by atomic mass is 9.98. The minimum absolute atomic E-state index is 0. The molecule has 102 valence electrons. The van der Waals surface area contributed by atoms with E-state index in [0.29, 0.717) is 12.1 Å². The number of rotatable bonds is 2. The van der Waals surface area contributed by atoms with Crippen molar-refractivity contribution in [2.45, 2.75) is 70.8 Å². The van der Waals surface area contributed by atoms with Crippen LogP contribution in [0.15, 0.2) is 0 Å². The summed E-state index contributed by atoms with van der Waals surface area (Å²) in [5.74, 6) is 0. The monoisotopic (exact) mass is 262 g/mol. The van der Waals surface area contributed by atoms with E-state index >= 15 is 0 Å². The van der Waals surface area contributed by atoms with E-state index in [1.807, 2.05) is 0 Å². The normalized spacial score (nSPS) is 33.7. The summed E-state index contributed by atoms with van der Waals surface area (Å²) in [5.41, 5.74) is 0.144. The van der Waals surface area contributed by atoms with Gasteiger partial charge in [-0.15, -0.1) is 12.4 Å². The average Bonchev–Trinajstić information content (AvgIpc) is 2.59. The van der Waals surface area contributed by atoms with Gasteiger partial charge in [-0.1, -0.05) is 6.42 Å². The molecule has 2 fully saturated rings. The van der Waals surface area contributed by atoms with E-state index in [2.05, 4.69) is 37.9 Å². The highest BCUT2D eigenvalue weighted by Crippen LogP contribution is 2.27. The molecule has 0 aromatic heterocycles. The zero-order valence-corrected chi connectivity index (χ0v) is 12.3. The number of likely N-dealkylation sites (tertiary alicyclic amines) is 1. The fourth-order valence-electron chi connectivity index (χ4n) is 2.92. The van der Waals surface area contributed by atoms with E-state index in [1.54, 1.807) is 0 Å². The van der Waals surface area contributed by atoms with Gasteiger partial charge < -0.3 is 4.74 Å². The Hall–Kier alpha value is 0.170. The van der Waals surface area contributed by atoms with Crippen molar-refractivity contribution < 1.29 is 4.74 Å². The summed E-state index contributed by atoms with van der Waals surface area (Å²) in [6.45, 7) is 11.1. The number of hydrogen-bond donors (Lipinski definition) is 1. The topological polar surface area (TPSA) is 24.5 Å². The molecule has 2 unspecified atom stereocenters. The third-order valence-electron chi connectivity index (χ3n) is 3.76. The van der Waals surface area contributed by atoms with E-state index in [0.717, 1.165) is 6.61 Å². The summed E-state index contributed by atoms with van der Waals surface area (Å²) < 4.78 is 5.94. The second-order valence-electron chi connectivity index (χ2n) is 6.15. The summed E-state index contributed by atoms with van der Waals surface area (Å²) in [6, 6.07) is 1.19. The number of nitrogens with zero attached hydrogens (tertiary/aromatic N) is 1. The Morgan fingerprint density at radius 2 is 2.00 bits per heavy atom. The van der Waals surface area contributed by atoms with Gasteiger partial charge in [-0.05, 0) is 47.1 Å². The minimum Gasteiger partial charge on any atom is -0.360 e. The van der Waals surface area contributed by atoms with Crippen LogP contribution in [0.25, 0.3) is 0 Å². The molecule has 0 aromatic carbocycles. The smallest absolute Gasteiger partial charge is 0.124 e. The third kappa shape index (κ3) is 3.57. The molecule has 0 aliphatic carbocycles. The van der Waals surface area contributed by atoms with E-state index in [9.17, 15) is 0 Å². The van der Waals surface area contributed by atoms with Crippen molar-refractivity contribution in [2.24, 2.45) is 0 Å². The Morgan fingerprint density at radius 3 is 2.53 bits per heavy atom. The third-order valence-corrected chi connectivity index (χ3v) is 3.76. The molecule has 2 aliphatic heterocycles. The number of halogens is 1. The van der Waals surface area contributed by atoms with Gasteiger partial charge >= 0.3 is 0 Å². The Morgan fingerprint density at radius 1 is 1.29 bits per heavy atom. The van der Waals surface area contributed by atoms with Crippen LogP contribution in [0.1, 0.15) is 47.0 Å². The van der Waals surface area contributed by atoms with Gasteiger partial charge in [-0.3, -0.25) is 10.2 Å². The first-order chi connectivity index (χ1) is 7.49. The average molecular weight is 263 g/mol. The van der Waals surface area contributed by atoms with E-state index < -0.39 is 0 Å². The Labute approximate surface area is 112 Å². The van der Waals surface area contributed by atoms with Crippen LogP contribution < -0.4 is 5.32 Å². The van der Waals surface area contributed by atoms with Gasteiger partial charge in [0.05, 0.1) is 6.61 Å². The number of hydrogen-bond acceptors (Lipinski definition) is 3. The van der Waals surface area contributed by atoms with Crippen LogP contribution in [0.5, 0.6) is 0 Å². The molecule has 2 heterocycles. The van der Waals surface area contributed by atoms with Crippen molar-refractivity contribution in [1.82, 2.24) is 10.2 Å². The highest BCUT2D eigenvalue weighted by Gasteiger charge is 2.39. The summed E-state index contributed by atoms with van der Waals surface area (Å²) in [5, 5.41) is 3.62. The summed E-state index contributed by atoms with van der Waals surface area (Å²) in [6.07, 6.45) is 4.18. The molecular formula is C13H27ClN2O. The highest BCUT2D eigenvalue weighted by atomic mass is 35.5. The summed E-state index contributed by atoms with van der Waals surface area (Å²) in [4.78, 5) is 2.60. The van der Waals surface area contributed by atoms with Gasteiger partial charge in [-0.25, -0.2) is 0 Å². The zero-order chi connectivity index (χ0) is 11.8. The molecule has 1 N–H and O–H groups in total. The maximum Gasteiger partial charge on any atom is 0.124 e. The lowest BCUT2D eigenvalue weighted by Gasteiger charge is -2.41. The Balaban J connectivity index is 0.00000144. The first-order valence-corrected chi connectivity index (χ1v) is 6.65. The van der Waals surface area contributed by atoms with Crippen LogP contribution >= 0.6 is 12.4 Å². The predicted molar refractivity (Wildman–Crippen MR) is 73.7 cm³/mol. The standard InChI is InChI=1S/C13H26N2O.ClH/c1-10(2)15-8-6-5-7-11(15)12-14-13(3,4)9-16-12;/h10-12,14H,5-9H2,1-4H3;1H. The SMILES string of the molecule is CC(C)N1CCCCC1C1NC(C)(C)CO1.Cl. The Kier molecular flexibility index (Phi) is 5.26. The van der Waals surface area contributed by atoms with Crippen molar-refractivity contribution in [1.29, 1.82) is 0 Å². The van der Waals surface area contributed by atoms with Gasteiger partial charge in [0, 0.05) is 17.6 Å². The number of piperidine rings is 1. The second kappa shape index (κ2) is 5.87. The lowest BCUT2D eigenvalue weighted by Crippen LogP contribution is -2.55. The molecule has 2 saturated heterocycles. The minimum atomic E-state index is 0. The molecule has 17 heavy (non-hydrogen) atoms. The zero-order valence-electron chi connectivity index (χ0n) is 11.5. The van der Waals surface area contributed by atoms with E-state index in [1.165, 1.54) is 25.8 Å². The quantitative estimate of drug-likeness (QED) is 0.827. The van der Waals surface area contributed by atoms with Crippen LogP contribution in [0.3, 0.4) is 0 Å². The molecule has 2 atom stereocenters. The number of nitrogens with one attached hydrogen (secondary N) is 1. The maximum atomic E-state index is 5.94. The van der Waals surface area contributed by atoms with Crippen molar-refractivity contribution in [3.63, 3.8) is 0 Å². The van der Waals surface area contributed by atoms with Crippen LogP contribution in [0.4, 0.5) is 0 Å². The molecule has 0 bridgehead atoms. The molecule has 0 aromatic rings. The molecular weight excluding hydrogens is 236 g/mol. The highest BCUT2D eigenvalue weighted by molar-refractivity contribution is 5.85. The predicted octanol–water partition coefficient (Wildman–Crippen LogP) is 2.40. The van der Waals surface area contributed by atoms with Crippen LogP contribution in [0.2, 0.25) is 0 Å². The molecule has 0 saturated carbocycles. The summed E-state index contributed by atoms with van der Waals surface area (Å²) in [7, 11) is 0. The van der Waals surface area contributed by atoms with Crippen LogP contribution in [-0.2, 0) is 4.74 Å². The van der Waals surface area contributed by atoms with Crippen LogP contribution in [-0.4, -0.2) is 41.9 Å². The molecule has 2 rings (SSSR count). The van der Waals surface area contributed by atoms with Gasteiger partial charge in [0.15, 0.2) is 0 Å². The fraction of sp³-hybridized carbons (Fsp3) is 1.00. The first kappa shape index (κ1) is 15.2. The van der Waals surface area contributed by atoms with Gasteiger partial charge in [0.25, 0.3) is 0 Å². The molecule has 0 spiro atoms. The van der Waals surface area contributed by atoms with Crippen molar-refractivity contribution in [3.05, 3.63) is 0 Å². The van der Waals surface area contributed by atoms with Gasteiger partial charge in [0.1, 0.15) is 6.23 Å². The van der Waals surface area contributed by atoms with E-state index in [-0.39, 0.29) is 24.2 Å². The van der Waals surface area contributed by atoms with Crippen molar-refractivity contribution in [2.75, 3.05) is 13.2 Å².